The highest BCUT2D eigenvalue weighted by atomic mass is 15.1. The molecule has 0 aliphatic carbocycles. The van der Waals surface area contributed by atoms with Crippen LogP contribution in [0, 0.1) is 6.92 Å². The normalized spacial score (nSPS) is 11.4. The van der Waals surface area contributed by atoms with Crippen LogP contribution in [0.5, 0.6) is 0 Å². The third-order valence-corrected chi connectivity index (χ3v) is 6.14. The highest BCUT2D eigenvalue weighted by molar-refractivity contribution is 5.22. The molecule has 29 heavy (non-hydrogen) atoms. The van der Waals surface area contributed by atoms with Gasteiger partial charge in [-0.15, -0.1) is 0 Å². The summed E-state index contributed by atoms with van der Waals surface area (Å²) in [5.41, 5.74) is 2.88. The molecule has 168 valence electrons. The lowest BCUT2D eigenvalue weighted by Gasteiger charge is -2.23. The summed E-state index contributed by atoms with van der Waals surface area (Å²) >= 11 is 0. The van der Waals surface area contributed by atoms with E-state index >= 15 is 0 Å². The summed E-state index contributed by atoms with van der Waals surface area (Å²) in [6.45, 7) is 10.5. The minimum absolute atomic E-state index is 1.13. The van der Waals surface area contributed by atoms with E-state index in [1.54, 1.807) is 0 Å². The second-order valence-corrected chi connectivity index (χ2v) is 9.21. The molecule has 0 bridgehead atoms. The number of nitrogens with zero attached hydrogens (tertiary/aromatic N) is 1. The quantitative estimate of drug-likeness (QED) is 0.197. The monoisotopic (exact) mass is 401 g/mol. The first kappa shape index (κ1) is 26.2. The molecule has 0 amide bonds. The molecule has 0 aliphatic heterocycles. The third kappa shape index (κ3) is 15.7. The first-order chi connectivity index (χ1) is 14.3. The van der Waals surface area contributed by atoms with Crippen LogP contribution in [0.25, 0.3) is 0 Å². The van der Waals surface area contributed by atoms with E-state index in [-0.39, 0.29) is 0 Å². The summed E-state index contributed by atoms with van der Waals surface area (Å²) in [5, 5.41) is 0. The molecule has 0 radical (unpaired) electrons. The fraction of sp³-hybridized carbons (Fsp3) is 0.786. The number of rotatable bonds is 20. The molecule has 1 aromatic carbocycles. The van der Waals surface area contributed by atoms with Gasteiger partial charge in [-0.25, -0.2) is 0 Å². The number of unbranched alkanes of at least 4 members (excludes halogenated alkanes) is 14. The van der Waals surface area contributed by atoms with Crippen LogP contribution >= 0.6 is 0 Å². The Hall–Kier alpha value is -0.820. The maximum Gasteiger partial charge on any atom is 0.0233 e. The Morgan fingerprint density at radius 1 is 0.586 bits per heavy atom. The summed E-state index contributed by atoms with van der Waals surface area (Å²) in [6, 6.07) is 9.11. The van der Waals surface area contributed by atoms with Gasteiger partial charge in [0.25, 0.3) is 0 Å². The largest absolute Gasteiger partial charge is 0.299 e. The van der Waals surface area contributed by atoms with Gasteiger partial charge in [-0.3, -0.25) is 4.90 Å². The van der Waals surface area contributed by atoms with Crippen molar-refractivity contribution in [2.75, 3.05) is 13.1 Å². The summed E-state index contributed by atoms with van der Waals surface area (Å²) in [5.74, 6) is 0. The minimum atomic E-state index is 1.13. The lowest BCUT2D eigenvalue weighted by Crippen LogP contribution is -2.25. The van der Waals surface area contributed by atoms with E-state index < -0.39 is 0 Å². The van der Waals surface area contributed by atoms with Crippen LogP contribution in [0.3, 0.4) is 0 Å². The van der Waals surface area contributed by atoms with Gasteiger partial charge in [-0.1, -0.05) is 134 Å². The molecule has 0 saturated carbocycles. The fourth-order valence-electron chi connectivity index (χ4n) is 4.28. The molecular weight excluding hydrogens is 350 g/mol. The Balaban J connectivity index is 2.24. The SMILES string of the molecule is CCCCCCCCCCN(CCCCCCCCCC)Cc1cccc(C)c1. The van der Waals surface area contributed by atoms with Crippen LogP contribution in [0.2, 0.25) is 0 Å². The number of hydrogen-bond acceptors (Lipinski definition) is 1. The molecule has 0 aliphatic rings. The maximum absolute atomic E-state index is 2.73. The second kappa shape index (κ2) is 19.2. The van der Waals surface area contributed by atoms with Crippen molar-refractivity contribution >= 4 is 0 Å². The first-order valence-corrected chi connectivity index (χ1v) is 13.0. The standard InChI is InChI=1S/C28H51N/c1-4-6-8-10-12-14-16-18-23-29(26-28-22-20-21-27(3)25-28)24-19-17-15-13-11-9-7-5-2/h20-22,25H,4-19,23-24,26H2,1-3H3. The van der Waals surface area contributed by atoms with Crippen LogP contribution in [0.1, 0.15) is 128 Å². The van der Waals surface area contributed by atoms with Gasteiger partial charge in [-0.05, 0) is 38.4 Å². The lowest BCUT2D eigenvalue weighted by atomic mass is 10.1. The van der Waals surface area contributed by atoms with Crippen LogP contribution in [0.15, 0.2) is 24.3 Å². The highest BCUT2D eigenvalue weighted by Crippen LogP contribution is 2.14. The fourth-order valence-corrected chi connectivity index (χ4v) is 4.28. The van der Waals surface area contributed by atoms with E-state index in [1.165, 1.54) is 127 Å². The Bertz CT molecular complexity index is 447. The zero-order valence-electron chi connectivity index (χ0n) is 20.2. The molecule has 0 heterocycles. The van der Waals surface area contributed by atoms with E-state index in [0.717, 1.165) is 6.54 Å². The average molecular weight is 402 g/mol. The van der Waals surface area contributed by atoms with E-state index in [9.17, 15) is 0 Å². The first-order valence-electron chi connectivity index (χ1n) is 13.0. The van der Waals surface area contributed by atoms with Gasteiger partial charge in [-0.2, -0.15) is 0 Å². The van der Waals surface area contributed by atoms with Crippen LogP contribution < -0.4 is 0 Å². The van der Waals surface area contributed by atoms with Crippen molar-refractivity contribution in [2.45, 2.75) is 130 Å². The topological polar surface area (TPSA) is 3.24 Å². The molecular formula is C28H51N. The van der Waals surface area contributed by atoms with E-state index in [2.05, 4.69) is 49.9 Å². The van der Waals surface area contributed by atoms with Crippen molar-refractivity contribution in [3.8, 4) is 0 Å². The van der Waals surface area contributed by atoms with Gasteiger partial charge >= 0.3 is 0 Å². The van der Waals surface area contributed by atoms with Gasteiger partial charge in [0, 0.05) is 6.54 Å². The predicted octanol–water partition coefficient (Wildman–Crippen LogP) is 9.08. The van der Waals surface area contributed by atoms with E-state index in [1.807, 2.05) is 0 Å². The van der Waals surface area contributed by atoms with Crippen LogP contribution in [0.4, 0.5) is 0 Å². The Labute approximate surface area is 183 Å². The average Bonchev–Trinajstić information content (AvgIpc) is 2.71. The van der Waals surface area contributed by atoms with E-state index in [4.69, 9.17) is 0 Å². The Morgan fingerprint density at radius 2 is 1.03 bits per heavy atom. The molecule has 0 spiro atoms. The highest BCUT2D eigenvalue weighted by Gasteiger charge is 2.06. The van der Waals surface area contributed by atoms with Crippen molar-refractivity contribution in [1.82, 2.24) is 4.90 Å². The van der Waals surface area contributed by atoms with E-state index in [0.29, 0.717) is 0 Å². The van der Waals surface area contributed by atoms with Gasteiger partial charge in [0.2, 0.25) is 0 Å². The van der Waals surface area contributed by atoms with Crippen molar-refractivity contribution in [2.24, 2.45) is 0 Å². The van der Waals surface area contributed by atoms with Gasteiger partial charge in [0.1, 0.15) is 0 Å². The zero-order valence-corrected chi connectivity index (χ0v) is 20.2. The van der Waals surface area contributed by atoms with Gasteiger partial charge in [0.15, 0.2) is 0 Å². The summed E-state index contributed by atoms with van der Waals surface area (Å²) in [7, 11) is 0. The molecule has 0 fully saturated rings. The smallest absolute Gasteiger partial charge is 0.0233 e. The van der Waals surface area contributed by atoms with Crippen LogP contribution in [-0.2, 0) is 6.54 Å². The molecule has 1 nitrogen and oxygen atoms in total. The molecule has 0 atom stereocenters. The van der Waals surface area contributed by atoms with Gasteiger partial charge in [0.05, 0.1) is 0 Å². The minimum Gasteiger partial charge on any atom is -0.299 e. The molecule has 0 saturated heterocycles. The summed E-state index contributed by atoms with van der Waals surface area (Å²) in [6.07, 6.45) is 22.6. The third-order valence-electron chi connectivity index (χ3n) is 6.14. The number of hydrogen-bond donors (Lipinski definition) is 0. The molecule has 1 heteroatoms. The summed E-state index contributed by atoms with van der Waals surface area (Å²) < 4.78 is 0. The maximum atomic E-state index is 2.73. The number of aryl methyl sites for hydroxylation is 1. The van der Waals surface area contributed by atoms with Crippen LogP contribution in [-0.4, -0.2) is 18.0 Å². The summed E-state index contributed by atoms with van der Waals surface area (Å²) in [4.78, 5) is 2.73. The number of benzene rings is 1. The predicted molar refractivity (Wildman–Crippen MR) is 132 cm³/mol. The molecule has 0 unspecified atom stereocenters. The van der Waals surface area contributed by atoms with Crippen molar-refractivity contribution in [1.29, 1.82) is 0 Å². The molecule has 1 rings (SSSR count). The molecule has 0 aromatic heterocycles. The second-order valence-electron chi connectivity index (χ2n) is 9.21. The Kier molecular flexibility index (Phi) is 17.3. The van der Waals surface area contributed by atoms with Crippen molar-refractivity contribution in [3.05, 3.63) is 35.4 Å². The zero-order chi connectivity index (χ0) is 21.0. The Morgan fingerprint density at radius 3 is 1.48 bits per heavy atom. The lowest BCUT2D eigenvalue weighted by molar-refractivity contribution is 0.252. The van der Waals surface area contributed by atoms with Crippen molar-refractivity contribution < 1.29 is 0 Å². The molecule has 0 N–H and O–H groups in total. The molecule has 1 aromatic rings. The van der Waals surface area contributed by atoms with Gasteiger partial charge < -0.3 is 0 Å². The van der Waals surface area contributed by atoms with Crippen molar-refractivity contribution in [3.63, 3.8) is 0 Å².